The van der Waals surface area contributed by atoms with Gasteiger partial charge in [0.05, 0.1) is 6.26 Å². The lowest BCUT2D eigenvalue weighted by molar-refractivity contribution is 0.143. The van der Waals surface area contributed by atoms with Gasteiger partial charge in [-0.2, -0.15) is 0 Å². The van der Waals surface area contributed by atoms with Crippen molar-refractivity contribution in [1.82, 2.24) is 10.2 Å². The lowest BCUT2D eigenvalue weighted by Gasteiger charge is -2.38. The molecule has 3 nitrogen and oxygen atoms in total. The SMILES string of the molecule is CC(CCc1ccco1)NC1CC2CCC(C1)N2C. The zero-order valence-electron chi connectivity index (χ0n) is 12.1. The van der Waals surface area contributed by atoms with E-state index in [-0.39, 0.29) is 0 Å². The fourth-order valence-corrected chi connectivity index (χ4v) is 3.85. The van der Waals surface area contributed by atoms with E-state index in [4.69, 9.17) is 4.42 Å². The first kappa shape index (κ1) is 13.2. The number of nitrogens with zero attached hydrogens (tertiary/aromatic N) is 1. The summed E-state index contributed by atoms with van der Waals surface area (Å²) < 4.78 is 5.40. The van der Waals surface area contributed by atoms with Gasteiger partial charge in [0.2, 0.25) is 0 Å². The molecule has 0 amide bonds. The summed E-state index contributed by atoms with van der Waals surface area (Å²) in [5.74, 6) is 1.11. The predicted molar refractivity (Wildman–Crippen MR) is 77.2 cm³/mol. The minimum atomic E-state index is 0.581. The summed E-state index contributed by atoms with van der Waals surface area (Å²) in [5.41, 5.74) is 0. The maximum absolute atomic E-state index is 5.40. The molecule has 2 bridgehead atoms. The van der Waals surface area contributed by atoms with Gasteiger partial charge in [0.25, 0.3) is 0 Å². The van der Waals surface area contributed by atoms with Crippen molar-refractivity contribution in [3.05, 3.63) is 24.2 Å². The van der Waals surface area contributed by atoms with Crippen molar-refractivity contribution in [2.24, 2.45) is 0 Å². The number of piperidine rings is 1. The molecule has 1 aromatic rings. The normalized spacial score (nSPS) is 32.6. The van der Waals surface area contributed by atoms with Gasteiger partial charge in [-0.3, -0.25) is 0 Å². The van der Waals surface area contributed by atoms with Crippen LogP contribution in [0.4, 0.5) is 0 Å². The van der Waals surface area contributed by atoms with Gasteiger partial charge in [0, 0.05) is 30.6 Å². The topological polar surface area (TPSA) is 28.4 Å². The first-order valence-electron chi connectivity index (χ1n) is 7.72. The molecule has 106 valence electrons. The van der Waals surface area contributed by atoms with E-state index in [9.17, 15) is 0 Å². The van der Waals surface area contributed by atoms with Crippen LogP contribution in [0.25, 0.3) is 0 Å². The Hall–Kier alpha value is -0.800. The predicted octanol–water partition coefficient (Wildman–Crippen LogP) is 2.82. The molecule has 3 atom stereocenters. The molecule has 19 heavy (non-hydrogen) atoms. The highest BCUT2D eigenvalue weighted by molar-refractivity contribution is 4.99. The molecule has 3 heterocycles. The second-order valence-electron chi connectivity index (χ2n) is 6.40. The van der Waals surface area contributed by atoms with Gasteiger partial charge in [-0.15, -0.1) is 0 Å². The molecule has 3 unspecified atom stereocenters. The molecule has 2 fully saturated rings. The summed E-state index contributed by atoms with van der Waals surface area (Å²) in [6.07, 6.45) is 9.44. The van der Waals surface area contributed by atoms with Gasteiger partial charge in [0.15, 0.2) is 0 Å². The summed E-state index contributed by atoms with van der Waals surface area (Å²) in [6.45, 7) is 2.31. The van der Waals surface area contributed by atoms with E-state index in [2.05, 4.69) is 30.3 Å². The van der Waals surface area contributed by atoms with E-state index in [1.165, 1.54) is 25.7 Å². The second-order valence-corrected chi connectivity index (χ2v) is 6.40. The molecule has 0 spiro atoms. The average molecular weight is 262 g/mol. The molecular weight excluding hydrogens is 236 g/mol. The van der Waals surface area contributed by atoms with Gasteiger partial charge < -0.3 is 14.6 Å². The molecule has 0 saturated carbocycles. The number of rotatable bonds is 5. The van der Waals surface area contributed by atoms with Crippen molar-refractivity contribution >= 4 is 0 Å². The minimum Gasteiger partial charge on any atom is -0.469 e. The third kappa shape index (κ3) is 3.03. The molecule has 0 radical (unpaired) electrons. The van der Waals surface area contributed by atoms with Crippen LogP contribution >= 0.6 is 0 Å². The van der Waals surface area contributed by atoms with Crippen LogP contribution < -0.4 is 5.32 Å². The van der Waals surface area contributed by atoms with Crippen LogP contribution in [0.2, 0.25) is 0 Å². The van der Waals surface area contributed by atoms with Crippen LogP contribution in [-0.2, 0) is 6.42 Å². The zero-order valence-corrected chi connectivity index (χ0v) is 12.1. The van der Waals surface area contributed by atoms with Crippen LogP contribution in [0.5, 0.6) is 0 Å². The third-order valence-electron chi connectivity index (χ3n) is 5.02. The molecule has 1 aromatic heterocycles. The number of hydrogen-bond donors (Lipinski definition) is 1. The van der Waals surface area contributed by atoms with E-state index in [1.807, 2.05) is 6.07 Å². The molecule has 2 aliphatic heterocycles. The van der Waals surface area contributed by atoms with Crippen molar-refractivity contribution in [2.45, 2.75) is 69.6 Å². The van der Waals surface area contributed by atoms with Crippen molar-refractivity contribution in [1.29, 1.82) is 0 Å². The van der Waals surface area contributed by atoms with Crippen LogP contribution in [0.1, 0.15) is 44.8 Å². The van der Waals surface area contributed by atoms with E-state index >= 15 is 0 Å². The Morgan fingerprint density at radius 3 is 2.74 bits per heavy atom. The summed E-state index contributed by atoms with van der Waals surface area (Å²) in [6, 6.07) is 7.00. The van der Waals surface area contributed by atoms with Gasteiger partial charge >= 0.3 is 0 Å². The summed E-state index contributed by atoms with van der Waals surface area (Å²) in [5, 5.41) is 3.83. The Morgan fingerprint density at radius 2 is 2.11 bits per heavy atom. The van der Waals surface area contributed by atoms with Crippen LogP contribution in [-0.4, -0.2) is 36.1 Å². The second kappa shape index (κ2) is 5.68. The lowest BCUT2D eigenvalue weighted by Crippen LogP contribution is -2.49. The Balaban J connectivity index is 1.44. The van der Waals surface area contributed by atoms with Crippen molar-refractivity contribution < 1.29 is 4.42 Å². The summed E-state index contributed by atoms with van der Waals surface area (Å²) in [7, 11) is 2.30. The summed E-state index contributed by atoms with van der Waals surface area (Å²) in [4.78, 5) is 2.60. The highest BCUT2D eigenvalue weighted by Crippen LogP contribution is 2.34. The highest BCUT2D eigenvalue weighted by atomic mass is 16.3. The largest absolute Gasteiger partial charge is 0.469 e. The standard InChI is InChI=1S/C16H26N2O/c1-12(5-8-16-4-3-9-19-16)17-13-10-14-6-7-15(11-13)18(14)2/h3-4,9,12-15,17H,5-8,10-11H2,1-2H3. The molecular formula is C16H26N2O. The number of aryl methyl sites for hydroxylation is 1. The highest BCUT2D eigenvalue weighted by Gasteiger charge is 2.38. The number of nitrogens with one attached hydrogen (secondary N) is 1. The van der Waals surface area contributed by atoms with Gasteiger partial charge in [-0.1, -0.05) is 0 Å². The van der Waals surface area contributed by atoms with Gasteiger partial charge in [-0.25, -0.2) is 0 Å². The number of hydrogen-bond acceptors (Lipinski definition) is 3. The maximum Gasteiger partial charge on any atom is 0.103 e. The Kier molecular flexibility index (Phi) is 3.94. The molecule has 0 aromatic carbocycles. The molecule has 3 heteroatoms. The Labute approximate surface area is 116 Å². The molecule has 0 aliphatic carbocycles. The van der Waals surface area contributed by atoms with E-state index < -0.39 is 0 Å². The first-order chi connectivity index (χ1) is 9.22. The zero-order chi connectivity index (χ0) is 13.2. The number of fused-ring (bicyclic) bond motifs is 2. The molecule has 2 saturated heterocycles. The fourth-order valence-electron chi connectivity index (χ4n) is 3.85. The smallest absolute Gasteiger partial charge is 0.103 e. The van der Waals surface area contributed by atoms with Gasteiger partial charge in [-0.05, 0) is 58.2 Å². The van der Waals surface area contributed by atoms with Crippen molar-refractivity contribution in [3.63, 3.8) is 0 Å². The monoisotopic (exact) mass is 262 g/mol. The van der Waals surface area contributed by atoms with Gasteiger partial charge in [0.1, 0.15) is 5.76 Å². The molecule has 3 rings (SSSR count). The number of furan rings is 1. The lowest BCUT2D eigenvalue weighted by atomic mass is 9.96. The maximum atomic E-state index is 5.40. The minimum absolute atomic E-state index is 0.581. The molecule has 2 aliphatic rings. The Morgan fingerprint density at radius 1 is 1.37 bits per heavy atom. The van der Waals surface area contributed by atoms with E-state index in [1.54, 1.807) is 6.26 Å². The fraction of sp³-hybridized carbons (Fsp3) is 0.750. The van der Waals surface area contributed by atoms with Crippen LogP contribution in [0.15, 0.2) is 22.8 Å². The average Bonchev–Trinajstić information content (AvgIpc) is 2.95. The van der Waals surface area contributed by atoms with Crippen LogP contribution in [0.3, 0.4) is 0 Å². The Bertz CT molecular complexity index is 375. The van der Waals surface area contributed by atoms with Crippen molar-refractivity contribution in [3.8, 4) is 0 Å². The summed E-state index contributed by atoms with van der Waals surface area (Å²) >= 11 is 0. The van der Waals surface area contributed by atoms with E-state index in [0.29, 0.717) is 6.04 Å². The first-order valence-corrected chi connectivity index (χ1v) is 7.72. The van der Waals surface area contributed by atoms with E-state index in [0.717, 1.165) is 36.7 Å². The third-order valence-corrected chi connectivity index (χ3v) is 5.02. The van der Waals surface area contributed by atoms with Crippen LogP contribution in [0, 0.1) is 0 Å². The molecule has 1 N–H and O–H groups in total. The van der Waals surface area contributed by atoms with Crippen molar-refractivity contribution in [2.75, 3.05) is 7.05 Å². The quantitative estimate of drug-likeness (QED) is 0.884.